The van der Waals surface area contributed by atoms with Gasteiger partial charge >= 0.3 is 0 Å². The average Bonchev–Trinajstić information content (AvgIpc) is 2.73. The van der Waals surface area contributed by atoms with E-state index < -0.39 is 0 Å². The molecule has 2 aromatic rings. The zero-order valence-electron chi connectivity index (χ0n) is 8.87. The van der Waals surface area contributed by atoms with Gasteiger partial charge in [0, 0.05) is 33.0 Å². The normalized spacial score (nSPS) is 10.1. The quantitative estimate of drug-likeness (QED) is 0.916. The van der Waals surface area contributed by atoms with Crippen LogP contribution in [0, 0.1) is 0 Å². The number of hydrogen-bond donors (Lipinski definition) is 1. The molecule has 0 radical (unpaired) electrons. The zero-order valence-corrected chi connectivity index (χ0v) is 11.3. The molecule has 0 atom stereocenters. The Morgan fingerprint density at radius 1 is 1.38 bits per heavy atom. The number of halogens is 1. The van der Waals surface area contributed by atoms with Gasteiger partial charge in [-0.25, -0.2) is 0 Å². The molecule has 0 aliphatic carbocycles. The van der Waals surface area contributed by atoms with Crippen molar-refractivity contribution in [2.45, 2.75) is 6.54 Å². The standard InChI is InChI=1S/C12H12BrNOS/c1-15-11-4-2-3-10(6-11)14-7-12-5-9(13)8-16-12/h2-6,8,14H,7H2,1H3. The number of thiophene rings is 1. The maximum absolute atomic E-state index is 5.17. The highest BCUT2D eigenvalue weighted by atomic mass is 79.9. The number of methoxy groups -OCH3 is 1. The maximum Gasteiger partial charge on any atom is 0.120 e. The number of benzene rings is 1. The zero-order chi connectivity index (χ0) is 11.4. The summed E-state index contributed by atoms with van der Waals surface area (Å²) in [6.07, 6.45) is 0. The minimum Gasteiger partial charge on any atom is -0.497 e. The van der Waals surface area contributed by atoms with Gasteiger partial charge in [-0.15, -0.1) is 11.3 Å². The molecular formula is C12H12BrNOS. The van der Waals surface area contributed by atoms with Crippen LogP contribution in [0.25, 0.3) is 0 Å². The van der Waals surface area contributed by atoms with Crippen LogP contribution in [0.4, 0.5) is 5.69 Å². The second kappa shape index (κ2) is 5.37. The lowest BCUT2D eigenvalue weighted by molar-refractivity contribution is 0.415. The third-order valence-corrected chi connectivity index (χ3v) is 3.86. The Morgan fingerprint density at radius 3 is 2.94 bits per heavy atom. The second-order valence-corrected chi connectivity index (χ2v) is 5.23. The predicted octanol–water partition coefficient (Wildman–Crippen LogP) is 4.13. The van der Waals surface area contributed by atoms with Crippen molar-refractivity contribution < 1.29 is 4.74 Å². The van der Waals surface area contributed by atoms with E-state index in [0.29, 0.717) is 0 Å². The summed E-state index contributed by atoms with van der Waals surface area (Å²) in [6, 6.07) is 10.1. The van der Waals surface area contributed by atoms with Gasteiger partial charge in [0.25, 0.3) is 0 Å². The van der Waals surface area contributed by atoms with Crippen LogP contribution in [0.3, 0.4) is 0 Å². The topological polar surface area (TPSA) is 21.3 Å². The van der Waals surface area contributed by atoms with Crippen LogP contribution >= 0.6 is 27.3 Å². The van der Waals surface area contributed by atoms with Crippen molar-refractivity contribution in [3.63, 3.8) is 0 Å². The number of ether oxygens (including phenoxy) is 1. The monoisotopic (exact) mass is 297 g/mol. The first kappa shape index (κ1) is 11.5. The Balaban J connectivity index is 1.99. The molecule has 84 valence electrons. The van der Waals surface area contributed by atoms with E-state index in [2.05, 4.69) is 32.7 Å². The first-order valence-electron chi connectivity index (χ1n) is 4.89. The van der Waals surface area contributed by atoms with Crippen molar-refractivity contribution in [3.8, 4) is 5.75 Å². The minimum absolute atomic E-state index is 0.837. The molecule has 1 N–H and O–H groups in total. The lowest BCUT2D eigenvalue weighted by Gasteiger charge is -2.06. The molecule has 0 fully saturated rings. The van der Waals surface area contributed by atoms with E-state index in [1.165, 1.54) is 4.88 Å². The van der Waals surface area contributed by atoms with Crippen LogP contribution in [-0.4, -0.2) is 7.11 Å². The van der Waals surface area contributed by atoms with Gasteiger partial charge in [0.2, 0.25) is 0 Å². The van der Waals surface area contributed by atoms with Crippen molar-refractivity contribution in [2.24, 2.45) is 0 Å². The summed E-state index contributed by atoms with van der Waals surface area (Å²) in [5, 5.41) is 5.44. The molecule has 0 aliphatic rings. The summed E-state index contributed by atoms with van der Waals surface area (Å²) in [7, 11) is 1.68. The maximum atomic E-state index is 5.17. The third-order valence-electron chi connectivity index (χ3n) is 2.16. The van der Waals surface area contributed by atoms with E-state index in [0.717, 1.165) is 22.5 Å². The van der Waals surface area contributed by atoms with Crippen LogP contribution in [-0.2, 0) is 6.54 Å². The molecule has 1 aromatic heterocycles. The highest BCUT2D eigenvalue weighted by Gasteiger charge is 1.98. The van der Waals surface area contributed by atoms with Gasteiger partial charge in [0.1, 0.15) is 5.75 Å². The van der Waals surface area contributed by atoms with Gasteiger partial charge in [-0.05, 0) is 34.1 Å². The summed E-state index contributed by atoms with van der Waals surface area (Å²) < 4.78 is 6.30. The van der Waals surface area contributed by atoms with Crippen molar-refractivity contribution in [1.82, 2.24) is 0 Å². The summed E-state index contributed by atoms with van der Waals surface area (Å²) in [5.74, 6) is 0.873. The van der Waals surface area contributed by atoms with Crippen molar-refractivity contribution in [3.05, 3.63) is 45.1 Å². The van der Waals surface area contributed by atoms with Gasteiger partial charge < -0.3 is 10.1 Å². The summed E-state index contributed by atoms with van der Waals surface area (Å²) in [4.78, 5) is 1.30. The Hall–Kier alpha value is -1.000. The molecular weight excluding hydrogens is 286 g/mol. The smallest absolute Gasteiger partial charge is 0.120 e. The Bertz CT molecular complexity index is 470. The first-order chi connectivity index (χ1) is 7.78. The fourth-order valence-corrected chi connectivity index (χ4v) is 2.76. The van der Waals surface area contributed by atoms with Crippen molar-refractivity contribution in [2.75, 3.05) is 12.4 Å². The van der Waals surface area contributed by atoms with Gasteiger partial charge in [-0.3, -0.25) is 0 Å². The SMILES string of the molecule is COc1cccc(NCc2cc(Br)cs2)c1. The number of nitrogens with one attached hydrogen (secondary N) is 1. The van der Waals surface area contributed by atoms with Crippen molar-refractivity contribution in [1.29, 1.82) is 0 Å². The molecule has 0 unspecified atom stereocenters. The Kier molecular flexibility index (Phi) is 3.85. The fraction of sp³-hybridized carbons (Fsp3) is 0.167. The molecule has 2 rings (SSSR count). The van der Waals surface area contributed by atoms with Gasteiger partial charge in [-0.2, -0.15) is 0 Å². The molecule has 4 heteroatoms. The summed E-state index contributed by atoms with van der Waals surface area (Å²) in [6.45, 7) is 0.837. The molecule has 0 saturated heterocycles. The second-order valence-electron chi connectivity index (χ2n) is 3.32. The lowest BCUT2D eigenvalue weighted by Crippen LogP contribution is -1.97. The molecule has 0 saturated carbocycles. The van der Waals surface area contributed by atoms with Crippen molar-refractivity contribution >= 4 is 33.0 Å². The van der Waals surface area contributed by atoms with Crippen LogP contribution in [0.5, 0.6) is 5.75 Å². The van der Waals surface area contributed by atoms with Crippen LogP contribution in [0.1, 0.15) is 4.88 Å². The number of hydrogen-bond acceptors (Lipinski definition) is 3. The molecule has 0 spiro atoms. The first-order valence-corrected chi connectivity index (χ1v) is 6.56. The Labute approximate surface area is 107 Å². The molecule has 0 aliphatic heterocycles. The van der Waals surface area contributed by atoms with Crippen LogP contribution < -0.4 is 10.1 Å². The predicted molar refractivity (Wildman–Crippen MR) is 72.3 cm³/mol. The number of anilines is 1. The molecule has 2 nitrogen and oxygen atoms in total. The highest BCUT2D eigenvalue weighted by molar-refractivity contribution is 9.10. The van der Waals surface area contributed by atoms with E-state index >= 15 is 0 Å². The largest absolute Gasteiger partial charge is 0.497 e. The summed E-state index contributed by atoms with van der Waals surface area (Å²) in [5.41, 5.74) is 1.07. The van der Waals surface area contributed by atoms with E-state index in [1.54, 1.807) is 18.4 Å². The fourth-order valence-electron chi connectivity index (χ4n) is 1.37. The van der Waals surface area contributed by atoms with E-state index in [9.17, 15) is 0 Å². The van der Waals surface area contributed by atoms with Crippen LogP contribution in [0.2, 0.25) is 0 Å². The molecule has 0 bridgehead atoms. The number of rotatable bonds is 4. The lowest BCUT2D eigenvalue weighted by atomic mass is 10.3. The van der Waals surface area contributed by atoms with Gasteiger partial charge in [0.05, 0.1) is 7.11 Å². The van der Waals surface area contributed by atoms with Crippen LogP contribution in [0.15, 0.2) is 40.2 Å². The third kappa shape index (κ3) is 3.00. The van der Waals surface area contributed by atoms with Gasteiger partial charge in [-0.1, -0.05) is 6.07 Å². The van der Waals surface area contributed by atoms with E-state index in [1.807, 2.05) is 24.3 Å². The molecule has 16 heavy (non-hydrogen) atoms. The highest BCUT2D eigenvalue weighted by Crippen LogP contribution is 2.22. The molecule has 0 amide bonds. The minimum atomic E-state index is 0.837. The molecule has 1 aromatic carbocycles. The Morgan fingerprint density at radius 2 is 2.25 bits per heavy atom. The van der Waals surface area contributed by atoms with Gasteiger partial charge in [0.15, 0.2) is 0 Å². The van der Waals surface area contributed by atoms with E-state index in [4.69, 9.17) is 4.74 Å². The summed E-state index contributed by atoms with van der Waals surface area (Å²) >= 11 is 5.18. The van der Waals surface area contributed by atoms with E-state index in [-0.39, 0.29) is 0 Å². The average molecular weight is 298 g/mol. The molecule has 1 heterocycles.